The molecule has 0 heterocycles. The summed E-state index contributed by atoms with van der Waals surface area (Å²) in [5, 5.41) is 4.39. The Bertz CT molecular complexity index is 49.5. The molecule has 0 atom stereocenters. The fraction of sp³-hybridized carbons (Fsp3) is 0. The van der Waals surface area contributed by atoms with Gasteiger partial charge in [-0.3, -0.25) is 14.7 Å². The molecule has 0 aliphatic carbocycles. The lowest BCUT2D eigenvalue weighted by atomic mass is 11.5. The fourth-order valence-electron chi connectivity index (χ4n) is 0.0264. The van der Waals surface area contributed by atoms with E-state index in [2.05, 4.69) is 12.8 Å². The third-order valence-corrected chi connectivity index (χ3v) is 0.869. The number of rotatable bonds is 0. The van der Waals surface area contributed by atoms with Crippen molar-refractivity contribution in [3.8, 4) is 0 Å². The maximum Gasteiger partial charge on any atom is 0.303 e. The molecule has 0 unspecified atom stereocenters. The van der Waals surface area contributed by atoms with Crippen LogP contribution in [-0.4, -0.2) is 5.24 Å². The van der Waals surface area contributed by atoms with E-state index in [1.165, 1.54) is 0 Å². The van der Waals surface area contributed by atoms with Crippen molar-refractivity contribution in [3.05, 3.63) is 0 Å². The van der Waals surface area contributed by atoms with E-state index in [0.717, 1.165) is 0 Å². The Hall–Kier alpha value is 0.130. The Balaban J connectivity index is 2.99. The summed E-state index contributed by atoms with van der Waals surface area (Å²) in [6.45, 7) is 0. The molecule has 0 aromatic heterocycles. The second-order valence-electron chi connectivity index (χ2n) is 0.517. The van der Waals surface area contributed by atoms with E-state index in [9.17, 15) is 4.79 Å². The van der Waals surface area contributed by atoms with E-state index in [-0.39, 0.29) is 5.24 Å². The zero-order valence-electron chi connectivity index (χ0n) is 2.84. The predicted molar refractivity (Wildman–Crippen MR) is 29.3 cm³/mol. The maximum atomic E-state index is 9.83. The van der Waals surface area contributed by atoms with Crippen molar-refractivity contribution < 1.29 is 4.79 Å². The molecule has 0 fully saturated rings. The van der Waals surface area contributed by atoms with Crippen LogP contribution in [0.4, 0.5) is 4.79 Å². The molecule has 0 radical (unpaired) electrons. The largest absolute Gasteiger partial charge is 0.303 e. The van der Waals surface area contributed by atoms with Crippen molar-refractivity contribution in [2.45, 2.75) is 0 Å². The van der Waals surface area contributed by atoms with E-state index < -0.39 is 0 Å². The van der Waals surface area contributed by atoms with Gasteiger partial charge >= 0.3 is 5.24 Å². The number of amides is 1. The fourth-order valence-corrected chi connectivity index (χ4v) is 0.237. The molecule has 0 saturated carbocycles. The summed E-state index contributed by atoms with van der Waals surface area (Å²) in [5.74, 6) is 0. The quantitative estimate of drug-likeness (QED) is 0.318. The lowest BCUT2D eigenvalue weighted by Crippen LogP contribution is -2.06. The van der Waals surface area contributed by atoms with Gasteiger partial charge in [0, 0.05) is 11.9 Å². The average molecular weight is 124 g/mol. The number of nitrogens with two attached hydrogens (primary N) is 1. The maximum absolute atomic E-state index is 9.83. The first-order chi connectivity index (χ1) is 2.81. The van der Waals surface area contributed by atoms with Crippen LogP contribution in [0.5, 0.6) is 0 Å². The standard InChI is InChI=1S/CH4N2OS2/c2-6-1(4)3-5/h5H,2H2,(H,3,4). The van der Waals surface area contributed by atoms with Crippen LogP contribution in [0, 0.1) is 0 Å². The minimum Gasteiger partial charge on any atom is -0.292 e. The van der Waals surface area contributed by atoms with Gasteiger partial charge in [0.05, 0.1) is 0 Å². The van der Waals surface area contributed by atoms with Crippen LogP contribution in [0.15, 0.2) is 0 Å². The molecule has 0 aromatic rings. The molecule has 3 nitrogen and oxygen atoms in total. The molecule has 3 N–H and O–H groups in total. The Morgan fingerprint density at radius 2 is 2.50 bits per heavy atom. The topological polar surface area (TPSA) is 55.1 Å². The third-order valence-electron chi connectivity index (χ3n) is 0.198. The highest BCUT2D eigenvalue weighted by atomic mass is 32.2. The van der Waals surface area contributed by atoms with Gasteiger partial charge in [0.2, 0.25) is 0 Å². The molecular formula is CH4N2OS2. The molecule has 0 bridgehead atoms. The SMILES string of the molecule is NSC(=O)NS. The number of thiol groups is 1. The summed E-state index contributed by atoms with van der Waals surface area (Å²) in [4.78, 5) is 9.83. The predicted octanol–water partition coefficient (Wildman–Crippen LogP) is 0.148. The second-order valence-corrected chi connectivity index (χ2v) is 1.35. The minimum absolute atomic E-state index is 0.349. The van der Waals surface area contributed by atoms with Gasteiger partial charge in [-0.05, 0) is 0 Å². The summed E-state index contributed by atoms with van der Waals surface area (Å²) in [6.07, 6.45) is 0. The second kappa shape index (κ2) is 3.32. The molecule has 0 aliphatic heterocycles. The number of carbonyl (C=O) groups excluding carboxylic acids is 1. The molecule has 6 heavy (non-hydrogen) atoms. The molecule has 5 heteroatoms. The highest BCUT2D eigenvalue weighted by molar-refractivity contribution is 8.12. The average Bonchev–Trinajstić information content (AvgIpc) is 1.65. The van der Waals surface area contributed by atoms with E-state index in [1.807, 2.05) is 4.72 Å². The van der Waals surface area contributed by atoms with Gasteiger partial charge < -0.3 is 0 Å². The molecule has 0 aromatic carbocycles. The molecule has 0 saturated heterocycles. The van der Waals surface area contributed by atoms with Crippen molar-refractivity contribution in [2.24, 2.45) is 5.14 Å². The summed E-state index contributed by atoms with van der Waals surface area (Å²) in [6, 6.07) is 0. The van der Waals surface area contributed by atoms with Crippen molar-refractivity contribution in [1.82, 2.24) is 4.72 Å². The lowest BCUT2D eigenvalue weighted by molar-refractivity contribution is 0.265. The highest BCUT2D eigenvalue weighted by Gasteiger charge is 1.87. The van der Waals surface area contributed by atoms with Crippen LogP contribution >= 0.6 is 24.8 Å². The smallest absolute Gasteiger partial charge is 0.292 e. The first kappa shape index (κ1) is 6.13. The zero-order valence-corrected chi connectivity index (χ0v) is 4.55. The summed E-state index contributed by atoms with van der Waals surface area (Å²) in [7, 11) is 0. The van der Waals surface area contributed by atoms with E-state index in [0.29, 0.717) is 11.9 Å². The molecular weight excluding hydrogens is 120 g/mol. The Morgan fingerprint density at radius 1 is 2.00 bits per heavy atom. The first-order valence-corrected chi connectivity index (χ1v) is 2.44. The van der Waals surface area contributed by atoms with Gasteiger partial charge in [0.15, 0.2) is 0 Å². The van der Waals surface area contributed by atoms with E-state index >= 15 is 0 Å². The van der Waals surface area contributed by atoms with Crippen LogP contribution in [0.1, 0.15) is 0 Å². The zero-order chi connectivity index (χ0) is 4.99. The number of carbonyl (C=O) groups is 1. The van der Waals surface area contributed by atoms with Crippen LogP contribution < -0.4 is 9.86 Å². The molecule has 36 valence electrons. The number of hydrogen-bond acceptors (Lipinski definition) is 4. The Morgan fingerprint density at radius 3 is 2.50 bits per heavy atom. The summed E-state index contributed by atoms with van der Waals surface area (Å²) in [5.41, 5.74) is 0. The van der Waals surface area contributed by atoms with Gasteiger partial charge in [0.25, 0.3) is 0 Å². The monoisotopic (exact) mass is 124 g/mol. The van der Waals surface area contributed by atoms with Gasteiger partial charge in [-0.1, -0.05) is 12.8 Å². The molecule has 1 amide bonds. The number of nitrogens with one attached hydrogen (secondary N) is 1. The van der Waals surface area contributed by atoms with Crippen LogP contribution in [0.3, 0.4) is 0 Å². The Kier molecular flexibility index (Phi) is 3.40. The normalized spacial score (nSPS) is 7.67. The highest BCUT2D eigenvalue weighted by Crippen LogP contribution is 1.85. The van der Waals surface area contributed by atoms with Crippen molar-refractivity contribution in [2.75, 3.05) is 0 Å². The molecule has 0 rings (SSSR count). The van der Waals surface area contributed by atoms with Gasteiger partial charge in [0.1, 0.15) is 0 Å². The van der Waals surface area contributed by atoms with E-state index in [1.54, 1.807) is 0 Å². The van der Waals surface area contributed by atoms with Crippen molar-refractivity contribution in [3.63, 3.8) is 0 Å². The third kappa shape index (κ3) is 2.37. The van der Waals surface area contributed by atoms with Crippen LogP contribution in [0.2, 0.25) is 0 Å². The van der Waals surface area contributed by atoms with Gasteiger partial charge in [-0.25, -0.2) is 0 Å². The molecule has 0 spiro atoms. The van der Waals surface area contributed by atoms with E-state index in [4.69, 9.17) is 5.14 Å². The van der Waals surface area contributed by atoms with Crippen molar-refractivity contribution in [1.29, 1.82) is 0 Å². The van der Waals surface area contributed by atoms with Crippen LogP contribution in [0.25, 0.3) is 0 Å². The molecule has 0 aliphatic rings. The summed E-state index contributed by atoms with van der Waals surface area (Å²) < 4.78 is 2.01. The van der Waals surface area contributed by atoms with Crippen molar-refractivity contribution >= 4 is 30.0 Å². The van der Waals surface area contributed by atoms with Gasteiger partial charge in [-0.2, -0.15) is 0 Å². The summed E-state index contributed by atoms with van der Waals surface area (Å²) >= 11 is 3.99. The Labute approximate surface area is 45.3 Å². The first-order valence-electron chi connectivity index (χ1n) is 1.12. The minimum atomic E-state index is -0.349. The number of hydrogen-bond donors (Lipinski definition) is 3. The van der Waals surface area contributed by atoms with Gasteiger partial charge in [-0.15, -0.1) is 0 Å². The van der Waals surface area contributed by atoms with Crippen LogP contribution in [-0.2, 0) is 0 Å². The lowest BCUT2D eigenvalue weighted by Gasteiger charge is -1.84.